The van der Waals surface area contributed by atoms with Crippen LogP contribution in [-0.2, 0) is 4.74 Å². The number of rotatable bonds is 9. The molecule has 0 unspecified atom stereocenters. The molecule has 0 saturated carbocycles. The number of methoxy groups -OCH3 is 1. The fraction of sp³-hybridized carbons (Fsp3) is 0.353. The molecule has 6 nitrogen and oxygen atoms in total. The molecule has 2 heterocycles. The van der Waals surface area contributed by atoms with Crippen molar-refractivity contribution in [3.8, 4) is 17.3 Å². The fourth-order valence-corrected chi connectivity index (χ4v) is 1.97. The number of allylic oxidation sites excluding steroid dienone is 1. The number of oxazole rings is 1. The Bertz CT molecular complexity index is 652. The van der Waals surface area contributed by atoms with Crippen LogP contribution in [0.25, 0.3) is 11.5 Å². The van der Waals surface area contributed by atoms with Crippen molar-refractivity contribution < 1.29 is 18.7 Å². The second kappa shape index (κ2) is 8.73. The summed E-state index contributed by atoms with van der Waals surface area (Å²) in [6.45, 7) is 4.30. The van der Waals surface area contributed by atoms with Gasteiger partial charge in [0.1, 0.15) is 6.26 Å². The highest BCUT2D eigenvalue weighted by molar-refractivity contribution is 5.87. The van der Waals surface area contributed by atoms with Gasteiger partial charge in [-0.3, -0.25) is 0 Å². The van der Waals surface area contributed by atoms with E-state index in [-0.39, 0.29) is 5.69 Å². The summed E-state index contributed by atoms with van der Waals surface area (Å²) in [6.07, 6.45) is 9.00. The Labute approximate surface area is 135 Å². The van der Waals surface area contributed by atoms with E-state index in [1.54, 1.807) is 18.3 Å². The monoisotopic (exact) mass is 316 g/mol. The third-order valence-electron chi connectivity index (χ3n) is 3.18. The van der Waals surface area contributed by atoms with E-state index in [1.807, 2.05) is 6.08 Å². The average Bonchev–Trinajstić information content (AvgIpc) is 3.08. The molecule has 0 aromatic carbocycles. The molecule has 23 heavy (non-hydrogen) atoms. The zero-order valence-electron chi connectivity index (χ0n) is 13.2. The molecule has 0 atom stereocenters. The number of esters is 1. The van der Waals surface area contributed by atoms with E-state index < -0.39 is 5.97 Å². The molecule has 0 N–H and O–H groups in total. The van der Waals surface area contributed by atoms with Gasteiger partial charge < -0.3 is 13.9 Å². The lowest BCUT2D eigenvalue weighted by molar-refractivity contribution is 0.0594. The van der Waals surface area contributed by atoms with Crippen LogP contribution in [0, 0.1) is 0 Å². The Balaban J connectivity index is 1.93. The summed E-state index contributed by atoms with van der Waals surface area (Å²) in [5.41, 5.74) is 0.820. The highest BCUT2D eigenvalue weighted by Gasteiger charge is 2.14. The molecular weight excluding hydrogens is 296 g/mol. The van der Waals surface area contributed by atoms with Gasteiger partial charge in [0.25, 0.3) is 0 Å². The molecule has 0 aliphatic heterocycles. The third kappa shape index (κ3) is 4.95. The Kier molecular flexibility index (Phi) is 6.35. The quantitative estimate of drug-likeness (QED) is 0.399. The SMILES string of the molecule is C=CCCCCCOc1cc(-c2nc(C(=O)OC)co2)ccn1. The minimum atomic E-state index is -0.537. The number of unbranched alkanes of at least 4 members (excludes halogenated alkanes) is 3. The van der Waals surface area contributed by atoms with Crippen LogP contribution >= 0.6 is 0 Å². The van der Waals surface area contributed by atoms with Crippen molar-refractivity contribution in [2.45, 2.75) is 25.7 Å². The molecule has 0 amide bonds. The number of hydrogen-bond donors (Lipinski definition) is 0. The standard InChI is InChI=1S/C17H20N2O4/c1-3-4-5-6-7-10-22-15-11-13(8-9-18-15)16-19-14(12-23-16)17(20)21-2/h3,8-9,11-12H,1,4-7,10H2,2H3. The summed E-state index contributed by atoms with van der Waals surface area (Å²) in [7, 11) is 1.30. The van der Waals surface area contributed by atoms with Gasteiger partial charge in [-0.2, -0.15) is 0 Å². The predicted molar refractivity (Wildman–Crippen MR) is 85.2 cm³/mol. The minimum Gasteiger partial charge on any atom is -0.478 e. The molecule has 0 radical (unpaired) electrons. The molecule has 0 aliphatic rings. The summed E-state index contributed by atoms with van der Waals surface area (Å²) >= 11 is 0. The zero-order valence-corrected chi connectivity index (χ0v) is 13.2. The van der Waals surface area contributed by atoms with E-state index in [0.717, 1.165) is 25.7 Å². The highest BCUT2D eigenvalue weighted by atomic mass is 16.5. The van der Waals surface area contributed by atoms with Crippen LogP contribution in [-0.4, -0.2) is 29.7 Å². The van der Waals surface area contributed by atoms with E-state index in [0.29, 0.717) is 23.9 Å². The van der Waals surface area contributed by atoms with Crippen LogP contribution in [0.15, 0.2) is 41.7 Å². The van der Waals surface area contributed by atoms with Crippen molar-refractivity contribution in [3.05, 3.63) is 42.9 Å². The third-order valence-corrected chi connectivity index (χ3v) is 3.18. The topological polar surface area (TPSA) is 74.5 Å². The van der Waals surface area contributed by atoms with Crippen molar-refractivity contribution >= 4 is 5.97 Å². The van der Waals surface area contributed by atoms with Gasteiger partial charge >= 0.3 is 5.97 Å². The number of hydrogen-bond acceptors (Lipinski definition) is 6. The first-order valence-electron chi connectivity index (χ1n) is 7.48. The van der Waals surface area contributed by atoms with Crippen molar-refractivity contribution in [1.29, 1.82) is 0 Å². The summed E-state index contributed by atoms with van der Waals surface area (Å²) < 4.78 is 15.5. The molecule has 0 aliphatic carbocycles. The molecule has 0 fully saturated rings. The van der Waals surface area contributed by atoms with Gasteiger partial charge in [-0.25, -0.2) is 14.8 Å². The van der Waals surface area contributed by atoms with Gasteiger partial charge in [-0.15, -0.1) is 6.58 Å². The van der Waals surface area contributed by atoms with Gasteiger partial charge in [-0.1, -0.05) is 6.08 Å². The van der Waals surface area contributed by atoms with Gasteiger partial charge in [0, 0.05) is 17.8 Å². The Hall–Kier alpha value is -2.63. The lowest BCUT2D eigenvalue weighted by Crippen LogP contribution is -2.01. The second-order valence-corrected chi connectivity index (χ2v) is 4.90. The minimum absolute atomic E-state index is 0.129. The Morgan fingerprint density at radius 2 is 2.26 bits per heavy atom. The first-order chi connectivity index (χ1) is 11.2. The average molecular weight is 316 g/mol. The molecule has 6 heteroatoms. The van der Waals surface area contributed by atoms with E-state index in [9.17, 15) is 4.79 Å². The summed E-state index contributed by atoms with van der Waals surface area (Å²) in [4.78, 5) is 19.6. The van der Waals surface area contributed by atoms with Crippen LogP contribution in [0.5, 0.6) is 5.88 Å². The zero-order chi connectivity index (χ0) is 16.5. The number of pyridine rings is 1. The van der Waals surface area contributed by atoms with Crippen LogP contribution < -0.4 is 4.74 Å². The van der Waals surface area contributed by atoms with Crippen molar-refractivity contribution in [1.82, 2.24) is 9.97 Å². The summed E-state index contributed by atoms with van der Waals surface area (Å²) in [6, 6.07) is 3.47. The van der Waals surface area contributed by atoms with Gasteiger partial charge in [0.2, 0.25) is 11.8 Å². The molecule has 0 saturated heterocycles. The molecular formula is C17H20N2O4. The lowest BCUT2D eigenvalue weighted by Gasteiger charge is -2.05. The smallest absolute Gasteiger partial charge is 0.360 e. The van der Waals surface area contributed by atoms with Gasteiger partial charge in [-0.05, 0) is 31.7 Å². The predicted octanol–water partition coefficient (Wildman–Crippen LogP) is 3.65. The van der Waals surface area contributed by atoms with E-state index in [2.05, 4.69) is 21.3 Å². The van der Waals surface area contributed by atoms with Crippen LogP contribution in [0.3, 0.4) is 0 Å². The van der Waals surface area contributed by atoms with Crippen LogP contribution in [0.2, 0.25) is 0 Å². The van der Waals surface area contributed by atoms with Crippen molar-refractivity contribution in [3.63, 3.8) is 0 Å². The van der Waals surface area contributed by atoms with Gasteiger partial charge in [0.05, 0.1) is 13.7 Å². The number of aromatic nitrogens is 2. The fourth-order valence-electron chi connectivity index (χ4n) is 1.97. The number of carbonyl (C=O) groups excluding carboxylic acids is 1. The summed E-state index contributed by atoms with van der Waals surface area (Å²) in [5.74, 6) is 0.290. The first kappa shape index (κ1) is 16.7. The molecule has 0 spiro atoms. The largest absolute Gasteiger partial charge is 0.478 e. The normalized spacial score (nSPS) is 10.3. The first-order valence-corrected chi connectivity index (χ1v) is 7.48. The second-order valence-electron chi connectivity index (χ2n) is 4.90. The molecule has 2 aromatic heterocycles. The van der Waals surface area contributed by atoms with Crippen LogP contribution in [0.1, 0.15) is 36.2 Å². The van der Waals surface area contributed by atoms with Crippen molar-refractivity contribution in [2.24, 2.45) is 0 Å². The number of carbonyl (C=O) groups is 1. The van der Waals surface area contributed by atoms with E-state index in [1.165, 1.54) is 13.4 Å². The van der Waals surface area contributed by atoms with Gasteiger partial charge in [0.15, 0.2) is 5.69 Å². The molecule has 0 bridgehead atoms. The molecule has 122 valence electrons. The maximum atomic E-state index is 11.4. The van der Waals surface area contributed by atoms with E-state index >= 15 is 0 Å². The van der Waals surface area contributed by atoms with Crippen molar-refractivity contribution in [2.75, 3.05) is 13.7 Å². The maximum Gasteiger partial charge on any atom is 0.360 e. The Morgan fingerprint density at radius 3 is 3.04 bits per heavy atom. The molecule has 2 rings (SSSR count). The van der Waals surface area contributed by atoms with Crippen LogP contribution in [0.4, 0.5) is 0 Å². The summed E-state index contributed by atoms with van der Waals surface area (Å²) in [5, 5.41) is 0. The highest BCUT2D eigenvalue weighted by Crippen LogP contribution is 2.22. The molecule has 2 aromatic rings. The number of ether oxygens (including phenoxy) is 2. The number of nitrogens with zero attached hydrogens (tertiary/aromatic N) is 2. The van der Waals surface area contributed by atoms with E-state index in [4.69, 9.17) is 9.15 Å². The Morgan fingerprint density at radius 1 is 1.39 bits per heavy atom. The maximum absolute atomic E-state index is 11.4. The lowest BCUT2D eigenvalue weighted by atomic mass is 10.2.